The number of rotatable bonds is 3. The average molecular weight is 195 g/mol. The minimum atomic E-state index is -0.845. The van der Waals surface area contributed by atoms with Crippen molar-refractivity contribution in [3.8, 4) is 0 Å². The van der Waals surface area contributed by atoms with Crippen molar-refractivity contribution in [1.82, 2.24) is 0 Å². The summed E-state index contributed by atoms with van der Waals surface area (Å²) in [5.41, 5.74) is 5.19. The van der Waals surface area contributed by atoms with Gasteiger partial charge in [0.25, 0.3) is 0 Å². The van der Waals surface area contributed by atoms with Gasteiger partial charge in [0, 0.05) is 5.75 Å². The van der Waals surface area contributed by atoms with E-state index in [2.05, 4.69) is 30.0 Å². The van der Waals surface area contributed by atoms with Crippen molar-refractivity contribution >= 4 is 37.2 Å². The lowest BCUT2D eigenvalue weighted by Crippen LogP contribution is -2.35. The second kappa shape index (κ2) is 5.45. The normalized spacial score (nSPS) is 12.3. The average Bonchev–Trinajstić information content (AvgIpc) is 2.02. The molecule has 4 nitrogen and oxygen atoms in total. The number of carbonyl (C=O) groups is 2. The predicted molar refractivity (Wildman–Crippen MR) is 46.8 cm³/mol. The van der Waals surface area contributed by atoms with Crippen LogP contribution in [0.4, 0.5) is 0 Å². The molecule has 0 saturated heterocycles. The van der Waals surface area contributed by atoms with Crippen LogP contribution < -0.4 is 5.73 Å². The van der Waals surface area contributed by atoms with Gasteiger partial charge in [-0.2, -0.15) is 25.3 Å². The van der Waals surface area contributed by atoms with Crippen molar-refractivity contribution < 1.29 is 14.3 Å². The summed E-state index contributed by atoms with van der Waals surface area (Å²) in [6, 6.07) is -0.845. The number of nitrogens with two attached hydrogens (primary N) is 1. The molecule has 0 spiro atoms. The fourth-order valence-corrected chi connectivity index (χ4v) is 0.508. The minimum absolute atomic E-state index is 0.134. The van der Waals surface area contributed by atoms with Gasteiger partial charge in [0.2, 0.25) is 0 Å². The van der Waals surface area contributed by atoms with Crippen molar-refractivity contribution in [1.29, 1.82) is 0 Å². The van der Waals surface area contributed by atoms with Gasteiger partial charge in [0.05, 0.1) is 5.75 Å². The van der Waals surface area contributed by atoms with Gasteiger partial charge in [-0.3, -0.25) is 4.79 Å². The third-order valence-corrected chi connectivity index (χ3v) is 1.49. The van der Waals surface area contributed by atoms with Gasteiger partial charge < -0.3 is 10.5 Å². The zero-order valence-electron chi connectivity index (χ0n) is 5.69. The Kier molecular flexibility index (Phi) is 5.35. The van der Waals surface area contributed by atoms with E-state index in [1.807, 2.05) is 0 Å². The molecule has 6 heteroatoms. The number of esters is 2. The maximum atomic E-state index is 10.7. The maximum absolute atomic E-state index is 10.7. The maximum Gasteiger partial charge on any atom is 0.331 e. The van der Waals surface area contributed by atoms with Crippen LogP contribution in [0, 0.1) is 0 Å². The van der Waals surface area contributed by atoms with Crippen molar-refractivity contribution in [3.05, 3.63) is 0 Å². The second-order valence-corrected chi connectivity index (χ2v) is 2.42. The van der Waals surface area contributed by atoms with Crippen LogP contribution in [0.2, 0.25) is 0 Å². The Labute approximate surface area is 75.3 Å². The fourth-order valence-electron chi connectivity index (χ4n) is 0.295. The van der Waals surface area contributed by atoms with Gasteiger partial charge in [0.15, 0.2) is 0 Å². The summed E-state index contributed by atoms with van der Waals surface area (Å²) in [7, 11) is 0. The largest absolute Gasteiger partial charge is 0.391 e. The lowest BCUT2D eigenvalue weighted by molar-refractivity contribution is -0.158. The summed E-state index contributed by atoms with van der Waals surface area (Å²) in [5, 5.41) is 0. The molecule has 1 atom stereocenters. The molecular formula is C5H9NO3S2. The molecule has 0 aromatic carbocycles. The number of carbonyl (C=O) groups excluding carboxylic acids is 2. The number of hydrogen-bond acceptors (Lipinski definition) is 6. The predicted octanol–water partition coefficient (Wildman–Crippen LogP) is -0.757. The quantitative estimate of drug-likeness (QED) is 0.315. The summed E-state index contributed by atoms with van der Waals surface area (Å²) in [5.74, 6) is -1.45. The molecule has 2 N–H and O–H groups in total. The first-order valence-corrected chi connectivity index (χ1v) is 4.10. The van der Waals surface area contributed by atoms with E-state index >= 15 is 0 Å². The Hall–Kier alpha value is -0.200. The van der Waals surface area contributed by atoms with Crippen LogP contribution in [0.15, 0.2) is 0 Å². The van der Waals surface area contributed by atoms with Crippen LogP contribution in [0.3, 0.4) is 0 Å². The molecule has 64 valence electrons. The smallest absolute Gasteiger partial charge is 0.331 e. The first-order valence-electron chi connectivity index (χ1n) is 2.83. The molecule has 0 heterocycles. The van der Waals surface area contributed by atoms with Crippen molar-refractivity contribution in [2.24, 2.45) is 5.73 Å². The van der Waals surface area contributed by atoms with Crippen molar-refractivity contribution in [2.75, 3.05) is 11.5 Å². The molecule has 0 amide bonds. The SMILES string of the molecule is N[C@@H](CS)C(=O)OC(=O)CS. The topological polar surface area (TPSA) is 69.4 Å². The van der Waals surface area contributed by atoms with E-state index in [0.717, 1.165) is 0 Å². The molecule has 0 radical (unpaired) electrons. The summed E-state index contributed by atoms with van der Waals surface area (Å²) < 4.78 is 4.22. The Morgan fingerprint density at radius 3 is 2.36 bits per heavy atom. The van der Waals surface area contributed by atoms with E-state index in [0.29, 0.717) is 0 Å². The molecule has 0 fully saturated rings. The monoisotopic (exact) mass is 195 g/mol. The molecule has 0 aliphatic heterocycles. The van der Waals surface area contributed by atoms with Gasteiger partial charge in [-0.05, 0) is 0 Å². The zero-order valence-corrected chi connectivity index (χ0v) is 7.48. The summed E-state index contributed by atoms with van der Waals surface area (Å²) in [6.45, 7) is 0. The Morgan fingerprint density at radius 1 is 1.45 bits per heavy atom. The summed E-state index contributed by atoms with van der Waals surface area (Å²) in [4.78, 5) is 21.1. The molecule has 0 unspecified atom stereocenters. The lowest BCUT2D eigenvalue weighted by Gasteiger charge is -2.05. The summed E-state index contributed by atoms with van der Waals surface area (Å²) >= 11 is 7.35. The highest BCUT2D eigenvalue weighted by Crippen LogP contribution is 1.90. The Morgan fingerprint density at radius 2 is 2.00 bits per heavy atom. The van der Waals surface area contributed by atoms with Gasteiger partial charge in [-0.15, -0.1) is 0 Å². The van der Waals surface area contributed by atoms with E-state index in [9.17, 15) is 9.59 Å². The Bertz CT molecular complexity index is 162. The first-order chi connectivity index (χ1) is 5.11. The fraction of sp³-hybridized carbons (Fsp3) is 0.600. The number of thiol groups is 2. The summed E-state index contributed by atoms with van der Waals surface area (Å²) in [6.07, 6.45) is 0. The molecule has 11 heavy (non-hydrogen) atoms. The number of ether oxygens (including phenoxy) is 1. The van der Waals surface area contributed by atoms with Crippen LogP contribution >= 0.6 is 25.3 Å². The highest BCUT2D eigenvalue weighted by Gasteiger charge is 2.15. The van der Waals surface area contributed by atoms with Gasteiger partial charge in [-0.1, -0.05) is 0 Å². The molecule has 0 aliphatic carbocycles. The van der Waals surface area contributed by atoms with E-state index in [-0.39, 0.29) is 11.5 Å². The third kappa shape index (κ3) is 4.28. The highest BCUT2D eigenvalue weighted by molar-refractivity contribution is 7.81. The molecule has 0 bridgehead atoms. The van der Waals surface area contributed by atoms with E-state index in [4.69, 9.17) is 5.73 Å². The number of hydrogen-bond donors (Lipinski definition) is 3. The highest BCUT2D eigenvalue weighted by atomic mass is 32.1. The van der Waals surface area contributed by atoms with E-state index < -0.39 is 18.0 Å². The van der Waals surface area contributed by atoms with Crippen LogP contribution in [0.1, 0.15) is 0 Å². The minimum Gasteiger partial charge on any atom is -0.391 e. The zero-order chi connectivity index (χ0) is 8.85. The molecule has 0 aromatic rings. The molecule has 0 aliphatic rings. The molecular weight excluding hydrogens is 186 g/mol. The van der Waals surface area contributed by atoms with Crippen LogP contribution in [-0.4, -0.2) is 29.5 Å². The van der Waals surface area contributed by atoms with E-state index in [1.165, 1.54) is 0 Å². The lowest BCUT2D eigenvalue weighted by atomic mass is 10.4. The second-order valence-electron chi connectivity index (χ2n) is 1.74. The van der Waals surface area contributed by atoms with Crippen molar-refractivity contribution in [3.63, 3.8) is 0 Å². The molecule has 0 saturated carbocycles. The van der Waals surface area contributed by atoms with E-state index in [1.54, 1.807) is 0 Å². The third-order valence-electron chi connectivity index (χ3n) is 0.843. The van der Waals surface area contributed by atoms with Crippen LogP contribution in [0.25, 0.3) is 0 Å². The van der Waals surface area contributed by atoms with Crippen LogP contribution in [-0.2, 0) is 14.3 Å². The molecule has 0 aromatic heterocycles. The van der Waals surface area contributed by atoms with Gasteiger partial charge in [0.1, 0.15) is 6.04 Å². The standard InChI is InChI=1S/C5H9NO3S2/c6-3(1-10)5(8)9-4(7)2-11/h3,10-11H,1-2,6H2/t3-/m0/s1. The van der Waals surface area contributed by atoms with Gasteiger partial charge >= 0.3 is 11.9 Å². The van der Waals surface area contributed by atoms with Crippen molar-refractivity contribution in [2.45, 2.75) is 6.04 Å². The first kappa shape index (κ1) is 10.8. The van der Waals surface area contributed by atoms with Crippen LogP contribution in [0.5, 0.6) is 0 Å². The molecule has 0 rings (SSSR count). The van der Waals surface area contributed by atoms with Gasteiger partial charge in [-0.25, -0.2) is 4.79 Å². The Balaban J connectivity index is 3.77.